The molecule has 1 aromatic carbocycles. The van der Waals surface area contributed by atoms with Gasteiger partial charge in [0, 0.05) is 69.9 Å². The van der Waals surface area contributed by atoms with Crippen LogP contribution in [0, 0.1) is 12.7 Å². The van der Waals surface area contributed by atoms with Crippen LogP contribution in [-0.2, 0) is 11.8 Å². The van der Waals surface area contributed by atoms with Gasteiger partial charge in [-0.3, -0.25) is 4.79 Å². The number of ether oxygens (including phenoxy) is 2. The summed E-state index contributed by atoms with van der Waals surface area (Å²) >= 11 is 0. The summed E-state index contributed by atoms with van der Waals surface area (Å²) in [6.07, 6.45) is 8.16. The van der Waals surface area contributed by atoms with Gasteiger partial charge in [-0.25, -0.2) is 24.3 Å². The van der Waals surface area contributed by atoms with Crippen molar-refractivity contribution in [3.8, 4) is 17.2 Å². The molecule has 1 amide bonds. The number of carbonyl (C=O) groups excluding carboxylic acids is 1. The maximum Gasteiger partial charge on any atom is 0.246 e. The van der Waals surface area contributed by atoms with Crippen LogP contribution in [0.2, 0.25) is 0 Å². The van der Waals surface area contributed by atoms with Gasteiger partial charge in [-0.05, 0) is 38.7 Å². The third kappa shape index (κ3) is 6.40. The third-order valence-corrected chi connectivity index (χ3v) is 7.85. The van der Waals surface area contributed by atoms with Gasteiger partial charge in [0.25, 0.3) is 0 Å². The van der Waals surface area contributed by atoms with Gasteiger partial charge in [0.15, 0.2) is 17.4 Å². The Morgan fingerprint density at radius 3 is 2.91 bits per heavy atom. The fourth-order valence-electron chi connectivity index (χ4n) is 5.46. The second-order valence-electron chi connectivity index (χ2n) is 11.5. The van der Waals surface area contributed by atoms with Crippen molar-refractivity contribution in [2.45, 2.75) is 13.0 Å². The quantitative estimate of drug-likeness (QED) is 0.291. The molecule has 1 N–H and O–H groups in total. The molecule has 6 rings (SSSR count). The molecule has 2 aliphatic heterocycles. The van der Waals surface area contributed by atoms with E-state index < -0.39 is 5.82 Å². The number of benzene rings is 1. The van der Waals surface area contributed by atoms with E-state index in [4.69, 9.17) is 14.5 Å². The van der Waals surface area contributed by atoms with E-state index in [0.29, 0.717) is 83.8 Å². The molecule has 0 radical (unpaired) electrons. The lowest BCUT2D eigenvalue weighted by Gasteiger charge is -2.39. The summed E-state index contributed by atoms with van der Waals surface area (Å²) in [6, 6.07) is 8.21. The molecule has 2 aliphatic rings. The van der Waals surface area contributed by atoms with Gasteiger partial charge < -0.3 is 34.1 Å². The Labute approximate surface area is 266 Å². The van der Waals surface area contributed by atoms with E-state index in [-0.39, 0.29) is 17.6 Å². The minimum Gasteiger partial charge on any atom is -0.487 e. The number of likely N-dealkylation sites (N-methyl/N-ethyl adjacent to an activating group) is 1. The van der Waals surface area contributed by atoms with Crippen molar-refractivity contribution in [2.24, 2.45) is 12.0 Å². The standard InChI is InChI=1S/C33H36FN9O3/c1-6-35-29-15-23(9-11-41(29)5)46-27-16-24(34)25(14-21(27)2)38-32-31-26(36-20-37-32)17-28-33(39-31)42-12-13-43(22(18-42)19-45-28)30(44)8-7-10-40(3)4/h6-9,11,14-17,20,22H,1,10,12-13,18-19H2,2-5H3,(H,36,37,38)/b8-7+,35-29-. The van der Waals surface area contributed by atoms with E-state index in [1.54, 1.807) is 24.3 Å². The van der Waals surface area contributed by atoms with E-state index in [1.807, 2.05) is 60.8 Å². The van der Waals surface area contributed by atoms with Gasteiger partial charge in [-0.2, -0.15) is 0 Å². The number of aryl methyl sites for hydroxylation is 2. The predicted octanol–water partition coefficient (Wildman–Crippen LogP) is 3.92. The fourth-order valence-corrected chi connectivity index (χ4v) is 5.46. The number of carbonyl (C=O) groups is 1. The molecule has 5 heterocycles. The van der Waals surface area contributed by atoms with E-state index in [0.717, 1.165) is 0 Å². The summed E-state index contributed by atoms with van der Waals surface area (Å²) in [4.78, 5) is 36.9. The van der Waals surface area contributed by atoms with Crippen molar-refractivity contribution in [2.75, 3.05) is 57.1 Å². The van der Waals surface area contributed by atoms with Gasteiger partial charge in [-0.1, -0.05) is 12.7 Å². The highest BCUT2D eigenvalue weighted by molar-refractivity contribution is 5.91. The van der Waals surface area contributed by atoms with Crippen LogP contribution in [0.15, 0.2) is 72.8 Å². The van der Waals surface area contributed by atoms with Gasteiger partial charge >= 0.3 is 0 Å². The number of fused-ring (bicyclic) bond motifs is 5. The highest BCUT2D eigenvalue weighted by atomic mass is 19.1. The van der Waals surface area contributed by atoms with Crippen LogP contribution >= 0.6 is 0 Å². The highest BCUT2D eigenvalue weighted by Crippen LogP contribution is 2.37. The molecule has 1 unspecified atom stereocenters. The predicted molar refractivity (Wildman–Crippen MR) is 174 cm³/mol. The average Bonchev–Trinajstić information content (AvgIpc) is 3.16. The number of amides is 1. The second kappa shape index (κ2) is 13.0. The monoisotopic (exact) mass is 625 g/mol. The maximum atomic E-state index is 15.5. The van der Waals surface area contributed by atoms with Crippen LogP contribution in [0.1, 0.15) is 5.56 Å². The number of nitrogens with zero attached hydrogens (tertiary/aromatic N) is 8. The first-order valence-corrected chi connectivity index (χ1v) is 14.9. The molecule has 0 spiro atoms. The van der Waals surface area contributed by atoms with Crippen LogP contribution in [0.3, 0.4) is 0 Å². The molecule has 13 heteroatoms. The molecule has 1 atom stereocenters. The number of piperazine rings is 1. The molecule has 12 nitrogen and oxygen atoms in total. The first-order chi connectivity index (χ1) is 22.2. The number of pyridine rings is 2. The Bertz CT molecular complexity index is 1910. The Morgan fingerprint density at radius 2 is 2.11 bits per heavy atom. The van der Waals surface area contributed by atoms with Crippen LogP contribution in [0.25, 0.3) is 11.0 Å². The lowest BCUT2D eigenvalue weighted by Crippen LogP contribution is -2.56. The van der Waals surface area contributed by atoms with Crippen molar-refractivity contribution in [3.05, 3.63) is 84.7 Å². The number of rotatable bonds is 8. The molecule has 3 aromatic heterocycles. The molecule has 1 saturated heterocycles. The van der Waals surface area contributed by atoms with E-state index in [9.17, 15) is 4.79 Å². The topological polar surface area (TPSA) is 113 Å². The number of anilines is 3. The highest BCUT2D eigenvalue weighted by Gasteiger charge is 2.35. The lowest BCUT2D eigenvalue weighted by molar-refractivity contribution is -0.129. The SMILES string of the molecule is C=C/N=c1/cc(Oc2cc(F)c(Nc3ncnc4cc5c(nc34)N3CCN(C(=O)/C=C/CN(C)C)C(CO5)C3)cc2C)ccn1C. The third-order valence-electron chi connectivity index (χ3n) is 7.85. The Balaban J connectivity index is 1.24. The van der Waals surface area contributed by atoms with E-state index in [2.05, 4.69) is 31.8 Å². The molecule has 1 fully saturated rings. The summed E-state index contributed by atoms with van der Waals surface area (Å²) in [5, 5.41) is 3.11. The minimum atomic E-state index is -0.522. The normalized spacial score (nSPS) is 16.4. The van der Waals surface area contributed by atoms with Crippen molar-refractivity contribution in [3.63, 3.8) is 0 Å². The number of aromatic nitrogens is 4. The van der Waals surface area contributed by atoms with Gasteiger partial charge in [0.05, 0.1) is 17.2 Å². The van der Waals surface area contributed by atoms with Crippen molar-refractivity contribution in [1.82, 2.24) is 29.3 Å². The average molecular weight is 626 g/mol. The number of hydrogen-bond donors (Lipinski definition) is 1. The van der Waals surface area contributed by atoms with E-state index >= 15 is 4.39 Å². The number of hydrogen-bond acceptors (Lipinski definition) is 10. The first-order valence-electron chi connectivity index (χ1n) is 14.9. The Hall–Kier alpha value is -5.30. The summed E-state index contributed by atoms with van der Waals surface area (Å²) in [7, 11) is 5.78. The van der Waals surface area contributed by atoms with Crippen molar-refractivity contribution >= 4 is 34.3 Å². The zero-order valence-corrected chi connectivity index (χ0v) is 26.3. The van der Waals surface area contributed by atoms with E-state index in [1.165, 1.54) is 18.6 Å². The Kier molecular flexibility index (Phi) is 8.66. The Morgan fingerprint density at radius 1 is 1.26 bits per heavy atom. The molecule has 238 valence electrons. The molecule has 4 aromatic rings. The maximum absolute atomic E-state index is 15.5. The van der Waals surface area contributed by atoms with Crippen LogP contribution < -0.4 is 25.2 Å². The van der Waals surface area contributed by atoms with Gasteiger partial charge in [0.2, 0.25) is 5.91 Å². The van der Waals surface area contributed by atoms with Crippen LogP contribution in [-0.4, -0.2) is 88.1 Å². The van der Waals surface area contributed by atoms with Gasteiger partial charge in [-0.15, -0.1) is 0 Å². The largest absolute Gasteiger partial charge is 0.487 e. The summed E-state index contributed by atoms with van der Waals surface area (Å²) in [5.41, 5.74) is 2.59. The lowest BCUT2D eigenvalue weighted by atomic mass is 10.1. The summed E-state index contributed by atoms with van der Waals surface area (Å²) < 4.78 is 29.5. The molecular formula is C33H36FN9O3. The second-order valence-corrected chi connectivity index (χ2v) is 11.5. The summed E-state index contributed by atoms with van der Waals surface area (Å²) in [6.45, 7) is 8.22. The molecule has 0 aliphatic carbocycles. The van der Waals surface area contributed by atoms with Gasteiger partial charge in [0.1, 0.15) is 41.3 Å². The molecule has 46 heavy (non-hydrogen) atoms. The zero-order valence-electron chi connectivity index (χ0n) is 26.3. The van der Waals surface area contributed by atoms with Crippen molar-refractivity contribution in [1.29, 1.82) is 0 Å². The minimum absolute atomic E-state index is 0.0314. The smallest absolute Gasteiger partial charge is 0.246 e. The molecule has 0 saturated carbocycles. The fraction of sp³-hybridized carbons (Fsp3) is 0.303. The van der Waals surface area contributed by atoms with Crippen LogP contribution in [0.4, 0.5) is 21.7 Å². The van der Waals surface area contributed by atoms with Crippen LogP contribution in [0.5, 0.6) is 17.2 Å². The molecule has 2 bridgehead atoms. The molecular weight excluding hydrogens is 589 g/mol. The first kappa shape index (κ1) is 30.7. The van der Waals surface area contributed by atoms with Crippen molar-refractivity contribution < 1.29 is 18.7 Å². The number of nitrogens with one attached hydrogen (secondary N) is 1. The summed E-state index contributed by atoms with van der Waals surface area (Å²) in [5.74, 6) is 1.91. The zero-order chi connectivity index (χ0) is 32.4. The number of halogens is 1.